The number of furan rings is 1. The molecule has 0 radical (unpaired) electrons. The van der Waals surface area contributed by atoms with E-state index in [9.17, 15) is 14.4 Å². The molecule has 0 saturated carbocycles. The van der Waals surface area contributed by atoms with Crippen LogP contribution >= 0.6 is 11.6 Å². The highest BCUT2D eigenvalue weighted by Gasteiger charge is 2.30. The van der Waals surface area contributed by atoms with E-state index < -0.39 is 24.4 Å². The van der Waals surface area contributed by atoms with E-state index in [4.69, 9.17) is 25.5 Å². The van der Waals surface area contributed by atoms with Crippen LogP contribution < -0.4 is 10.1 Å². The van der Waals surface area contributed by atoms with Crippen molar-refractivity contribution in [2.45, 2.75) is 19.8 Å². The molecule has 4 rings (SSSR count). The van der Waals surface area contributed by atoms with Crippen LogP contribution in [-0.4, -0.2) is 42.4 Å². The average molecular weight is 497 g/mol. The van der Waals surface area contributed by atoms with Crippen LogP contribution in [0.15, 0.2) is 65.5 Å². The second-order valence-electron chi connectivity index (χ2n) is 8.31. The molecule has 2 aromatic carbocycles. The molecule has 0 bridgehead atoms. The Morgan fingerprint density at radius 1 is 1.14 bits per heavy atom. The number of nitrogens with one attached hydrogen (secondary N) is 1. The lowest BCUT2D eigenvalue weighted by Gasteiger charge is -2.31. The van der Waals surface area contributed by atoms with Gasteiger partial charge in [0.15, 0.2) is 12.4 Å². The summed E-state index contributed by atoms with van der Waals surface area (Å²) in [6.07, 6.45) is 4.05. The van der Waals surface area contributed by atoms with E-state index in [0.29, 0.717) is 47.2 Å². The monoisotopic (exact) mass is 496 g/mol. The number of anilines is 1. The normalized spacial score (nSPS) is 15.4. The summed E-state index contributed by atoms with van der Waals surface area (Å²) in [6.45, 7) is 2.28. The van der Waals surface area contributed by atoms with Gasteiger partial charge in [0.25, 0.3) is 11.8 Å². The highest BCUT2D eigenvalue weighted by atomic mass is 35.5. The van der Waals surface area contributed by atoms with Crippen LogP contribution in [0.3, 0.4) is 0 Å². The van der Waals surface area contributed by atoms with Crippen LogP contribution in [0.2, 0.25) is 5.02 Å². The summed E-state index contributed by atoms with van der Waals surface area (Å²) in [4.78, 5) is 39.3. The van der Waals surface area contributed by atoms with Gasteiger partial charge in [0.05, 0.1) is 23.4 Å². The molecular weight excluding hydrogens is 472 g/mol. The Morgan fingerprint density at radius 3 is 2.69 bits per heavy atom. The van der Waals surface area contributed by atoms with Crippen LogP contribution in [0, 0.1) is 12.8 Å². The molecule has 9 heteroatoms. The molecule has 1 atom stereocenters. The predicted octanol–water partition coefficient (Wildman–Crippen LogP) is 5.07. The smallest absolute Gasteiger partial charge is 0.311 e. The third-order valence-electron chi connectivity index (χ3n) is 5.62. The van der Waals surface area contributed by atoms with Crippen molar-refractivity contribution < 1.29 is 28.3 Å². The number of benzene rings is 2. The third kappa shape index (κ3) is 6.42. The Balaban J connectivity index is 1.32. The largest absolute Gasteiger partial charge is 0.472 e. The summed E-state index contributed by atoms with van der Waals surface area (Å²) in [5, 5.41) is 3.10. The van der Waals surface area contributed by atoms with Crippen molar-refractivity contribution >= 4 is 35.1 Å². The summed E-state index contributed by atoms with van der Waals surface area (Å²) >= 11 is 6.10. The van der Waals surface area contributed by atoms with Crippen LogP contribution in [0.5, 0.6) is 11.5 Å². The molecule has 1 N–H and O–H groups in total. The highest BCUT2D eigenvalue weighted by Crippen LogP contribution is 2.32. The van der Waals surface area contributed by atoms with Gasteiger partial charge in [0.1, 0.15) is 12.0 Å². The van der Waals surface area contributed by atoms with Gasteiger partial charge in [-0.3, -0.25) is 14.4 Å². The fraction of sp³-hybridized carbons (Fsp3) is 0.269. The quantitative estimate of drug-likeness (QED) is 0.459. The van der Waals surface area contributed by atoms with Crippen LogP contribution in [0.1, 0.15) is 28.8 Å². The second kappa shape index (κ2) is 11.1. The van der Waals surface area contributed by atoms with E-state index in [1.165, 1.54) is 12.5 Å². The lowest BCUT2D eigenvalue weighted by atomic mass is 9.98. The zero-order chi connectivity index (χ0) is 24.8. The molecule has 0 aliphatic carbocycles. The minimum absolute atomic E-state index is 0.198. The maximum Gasteiger partial charge on any atom is 0.311 e. The zero-order valence-electron chi connectivity index (χ0n) is 19.2. The number of ether oxygens (including phenoxy) is 2. The zero-order valence-corrected chi connectivity index (χ0v) is 19.9. The van der Waals surface area contributed by atoms with E-state index in [2.05, 4.69) is 5.32 Å². The van der Waals surface area contributed by atoms with E-state index in [-0.39, 0.29) is 12.5 Å². The third-order valence-corrected chi connectivity index (χ3v) is 5.86. The van der Waals surface area contributed by atoms with Gasteiger partial charge in [-0.05, 0) is 56.2 Å². The molecule has 1 aliphatic heterocycles. The molecule has 35 heavy (non-hydrogen) atoms. The number of halogens is 1. The topological polar surface area (TPSA) is 98.1 Å². The minimum Gasteiger partial charge on any atom is -0.472 e. The first-order valence-electron chi connectivity index (χ1n) is 11.2. The number of piperidine rings is 1. The molecular formula is C26H25ClN2O6. The molecule has 182 valence electrons. The fourth-order valence-corrected chi connectivity index (χ4v) is 3.96. The standard InChI is InChI=1S/C26H25ClN2O6/c1-17-4-7-21(8-5-17)35-23-9-6-20(27)13-22(23)28-24(30)16-34-26(32)18-3-2-11-29(14-18)25(31)19-10-12-33-15-19/h4-10,12-13,15,18H,2-3,11,14,16H2,1H3,(H,28,30)/t18-/m0/s1. The number of hydrogen-bond acceptors (Lipinski definition) is 6. The van der Waals surface area contributed by atoms with Crippen molar-refractivity contribution in [1.82, 2.24) is 4.90 Å². The SMILES string of the molecule is Cc1ccc(Oc2ccc(Cl)cc2NC(=O)COC(=O)[C@H]2CCCN(C(=O)c3ccoc3)C2)cc1. The molecule has 2 heterocycles. The summed E-state index contributed by atoms with van der Waals surface area (Å²) in [5.74, 6) is -0.746. The predicted molar refractivity (Wildman–Crippen MR) is 130 cm³/mol. The number of carbonyl (C=O) groups excluding carboxylic acids is 3. The fourth-order valence-electron chi connectivity index (χ4n) is 3.79. The number of nitrogens with zero attached hydrogens (tertiary/aromatic N) is 1. The van der Waals surface area contributed by atoms with Gasteiger partial charge in [-0.25, -0.2) is 0 Å². The first-order chi connectivity index (χ1) is 16.9. The number of likely N-dealkylation sites (tertiary alicyclic amines) is 1. The molecule has 8 nitrogen and oxygen atoms in total. The highest BCUT2D eigenvalue weighted by molar-refractivity contribution is 6.31. The summed E-state index contributed by atoms with van der Waals surface area (Å²) < 4.78 is 16.1. The molecule has 2 amide bonds. The molecule has 1 aromatic heterocycles. The Hall–Kier alpha value is -3.78. The van der Waals surface area contributed by atoms with Crippen molar-refractivity contribution in [3.63, 3.8) is 0 Å². The molecule has 3 aromatic rings. The molecule has 0 spiro atoms. The van der Waals surface area contributed by atoms with Crippen molar-refractivity contribution in [1.29, 1.82) is 0 Å². The van der Waals surface area contributed by atoms with Crippen molar-refractivity contribution in [2.24, 2.45) is 5.92 Å². The van der Waals surface area contributed by atoms with Gasteiger partial charge >= 0.3 is 5.97 Å². The Kier molecular flexibility index (Phi) is 7.72. The Morgan fingerprint density at radius 2 is 1.94 bits per heavy atom. The van der Waals surface area contributed by atoms with Crippen LogP contribution in [-0.2, 0) is 14.3 Å². The number of carbonyl (C=O) groups is 3. The first-order valence-corrected chi connectivity index (χ1v) is 11.6. The number of esters is 1. The second-order valence-corrected chi connectivity index (χ2v) is 8.75. The van der Waals surface area contributed by atoms with Crippen LogP contribution in [0.25, 0.3) is 0 Å². The van der Waals surface area contributed by atoms with E-state index in [0.717, 1.165) is 5.56 Å². The maximum atomic E-state index is 12.6. The van der Waals surface area contributed by atoms with Crippen molar-refractivity contribution in [2.75, 3.05) is 25.0 Å². The summed E-state index contributed by atoms with van der Waals surface area (Å²) in [5.41, 5.74) is 1.88. The number of aryl methyl sites for hydroxylation is 1. The van der Waals surface area contributed by atoms with Gasteiger partial charge in [0, 0.05) is 18.1 Å². The minimum atomic E-state index is -0.531. The molecule has 1 fully saturated rings. The lowest BCUT2D eigenvalue weighted by molar-refractivity contribution is -0.152. The summed E-state index contributed by atoms with van der Waals surface area (Å²) in [7, 11) is 0. The van der Waals surface area contributed by atoms with Gasteiger partial charge < -0.3 is 24.1 Å². The molecule has 1 saturated heterocycles. The maximum absolute atomic E-state index is 12.6. The lowest BCUT2D eigenvalue weighted by Crippen LogP contribution is -2.43. The van der Waals surface area contributed by atoms with E-state index >= 15 is 0 Å². The van der Waals surface area contributed by atoms with Crippen LogP contribution in [0.4, 0.5) is 5.69 Å². The Bertz CT molecular complexity index is 1190. The van der Waals surface area contributed by atoms with E-state index in [1.807, 2.05) is 31.2 Å². The molecule has 0 unspecified atom stereocenters. The molecule has 1 aliphatic rings. The number of rotatable bonds is 7. The number of hydrogen-bond donors (Lipinski definition) is 1. The van der Waals surface area contributed by atoms with Gasteiger partial charge in [0.2, 0.25) is 0 Å². The van der Waals surface area contributed by atoms with Gasteiger partial charge in [-0.1, -0.05) is 29.3 Å². The van der Waals surface area contributed by atoms with Gasteiger partial charge in [-0.2, -0.15) is 0 Å². The van der Waals surface area contributed by atoms with Crippen molar-refractivity contribution in [3.8, 4) is 11.5 Å². The number of amides is 2. The Labute approximate surface area is 207 Å². The first kappa shape index (κ1) is 24.3. The summed E-state index contributed by atoms with van der Waals surface area (Å²) in [6, 6.07) is 13.9. The van der Waals surface area contributed by atoms with Crippen molar-refractivity contribution in [3.05, 3.63) is 77.2 Å². The van der Waals surface area contributed by atoms with E-state index in [1.54, 1.807) is 29.2 Å². The van der Waals surface area contributed by atoms with Gasteiger partial charge in [-0.15, -0.1) is 0 Å². The average Bonchev–Trinajstić information content (AvgIpc) is 3.40.